The molecule has 0 aromatic heterocycles. The molecule has 0 bridgehead atoms. The molecule has 1 aromatic rings. The van der Waals surface area contributed by atoms with Crippen molar-refractivity contribution in [2.45, 2.75) is 64.5 Å². The normalized spacial score (nSPS) is 17.5. The third-order valence-electron chi connectivity index (χ3n) is 4.64. The summed E-state index contributed by atoms with van der Waals surface area (Å²) in [5, 5.41) is 3.86. The Bertz CT molecular complexity index is 364. The van der Waals surface area contributed by atoms with Gasteiger partial charge in [0.15, 0.2) is 0 Å². The average Bonchev–Trinajstić information content (AvgIpc) is 3.03. The number of nitrogens with zero attached hydrogens (tertiary/aromatic N) is 1. The van der Waals surface area contributed by atoms with Gasteiger partial charge < -0.3 is 5.32 Å². The number of likely N-dealkylation sites (tertiary alicyclic amines) is 1. The first kappa shape index (κ1) is 16.5. The van der Waals surface area contributed by atoms with Crippen molar-refractivity contribution in [3.8, 4) is 0 Å². The molecule has 21 heavy (non-hydrogen) atoms. The molecule has 0 radical (unpaired) electrons. The minimum Gasteiger partial charge on any atom is -0.312 e. The molecule has 1 aliphatic heterocycles. The zero-order valence-electron chi connectivity index (χ0n) is 13.9. The van der Waals surface area contributed by atoms with E-state index in [1.54, 1.807) is 0 Å². The highest BCUT2D eigenvalue weighted by molar-refractivity contribution is 5.19. The summed E-state index contributed by atoms with van der Waals surface area (Å²) in [6.45, 7) is 8.19. The fourth-order valence-corrected chi connectivity index (χ4v) is 3.51. The summed E-state index contributed by atoms with van der Waals surface area (Å²) in [6.07, 6.45) is 7.87. The van der Waals surface area contributed by atoms with Crippen molar-refractivity contribution in [2.24, 2.45) is 0 Å². The van der Waals surface area contributed by atoms with Crippen LogP contribution in [0.15, 0.2) is 30.3 Å². The van der Waals surface area contributed by atoms with E-state index in [0.717, 1.165) is 6.54 Å². The predicted molar refractivity (Wildman–Crippen MR) is 91.6 cm³/mol. The Hall–Kier alpha value is -0.860. The summed E-state index contributed by atoms with van der Waals surface area (Å²) in [5.41, 5.74) is 1.47. The topological polar surface area (TPSA) is 15.3 Å². The zero-order valence-corrected chi connectivity index (χ0v) is 13.9. The first-order valence-corrected chi connectivity index (χ1v) is 8.87. The molecular formula is C19H32N2. The Balaban J connectivity index is 1.98. The van der Waals surface area contributed by atoms with Crippen molar-refractivity contribution in [2.75, 3.05) is 19.6 Å². The second-order valence-electron chi connectivity index (χ2n) is 6.35. The van der Waals surface area contributed by atoms with Gasteiger partial charge in [0.25, 0.3) is 0 Å². The van der Waals surface area contributed by atoms with Gasteiger partial charge in [-0.3, -0.25) is 4.90 Å². The van der Waals surface area contributed by atoms with Crippen LogP contribution in [0.25, 0.3) is 0 Å². The number of hydrogen-bond acceptors (Lipinski definition) is 2. The minimum atomic E-state index is 0.546. The fourth-order valence-electron chi connectivity index (χ4n) is 3.51. The van der Waals surface area contributed by atoms with Gasteiger partial charge in [0.05, 0.1) is 0 Å². The maximum absolute atomic E-state index is 3.86. The van der Waals surface area contributed by atoms with Crippen molar-refractivity contribution < 1.29 is 0 Å². The van der Waals surface area contributed by atoms with Gasteiger partial charge in [-0.05, 0) is 44.3 Å². The molecule has 2 rings (SSSR count). The Labute approximate surface area is 130 Å². The van der Waals surface area contributed by atoms with E-state index < -0.39 is 0 Å². The lowest BCUT2D eigenvalue weighted by atomic mass is 10.0. The van der Waals surface area contributed by atoms with Gasteiger partial charge in [0, 0.05) is 18.6 Å². The lowest BCUT2D eigenvalue weighted by Crippen LogP contribution is -2.38. The van der Waals surface area contributed by atoms with Crippen molar-refractivity contribution >= 4 is 0 Å². The van der Waals surface area contributed by atoms with E-state index >= 15 is 0 Å². The van der Waals surface area contributed by atoms with Crippen LogP contribution in [0.1, 0.15) is 64.0 Å². The van der Waals surface area contributed by atoms with Crippen LogP contribution >= 0.6 is 0 Å². The molecule has 0 aliphatic carbocycles. The van der Waals surface area contributed by atoms with Crippen LogP contribution in [0.5, 0.6) is 0 Å². The third kappa shape index (κ3) is 5.12. The van der Waals surface area contributed by atoms with Crippen LogP contribution in [0, 0.1) is 0 Å². The van der Waals surface area contributed by atoms with Crippen LogP contribution in [-0.4, -0.2) is 30.6 Å². The van der Waals surface area contributed by atoms with Crippen molar-refractivity contribution in [1.82, 2.24) is 10.2 Å². The summed E-state index contributed by atoms with van der Waals surface area (Å²) < 4.78 is 0. The van der Waals surface area contributed by atoms with Gasteiger partial charge >= 0.3 is 0 Å². The average molecular weight is 288 g/mol. The van der Waals surface area contributed by atoms with Gasteiger partial charge in [-0.25, -0.2) is 0 Å². The van der Waals surface area contributed by atoms with Crippen LogP contribution in [0.2, 0.25) is 0 Å². The largest absolute Gasteiger partial charge is 0.312 e. The molecule has 0 amide bonds. The summed E-state index contributed by atoms with van der Waals surface area (Å²) in [7, 11) is 0. The quantitative estimate of drug-likeness (QED) is 0.725. The molecule has 0 saturated carbocycles. The highest BCUT2D eigenvalue weighted by Crippen LogP contribution is 2.24. The van der Waals surface area contributed by atoms with Crippen molar-refractivity contribution in [1.29, 1.82) is 0 Å². The second-order valence-corrected chi connectivity index (χ2v) is 6.35. The van der Waals surface area contributed by atoms with E-state index in [2.05, 4.69) is 54.4 Å². The Morgan fingerprint density at radius 3 is 2.19 bits per heavy atom. The molecule has 0 spiro atoms. The summed E-state index contributed by atoms with van der Waals surface area (Å²) in [6, 6.07) is 12.3. The first-order chi connectivity index (χ1) is 10.3. The molecular weight excluding hydrogens is 256 g/mol. The number of benzene rings is 1. The highest BCUT2D eigenvalue weighted by Gasteiger charge is 2.23. The van der Waals surface area contributed by atoms with E-state index in [4.69, 9.17) is 0 Å². The van der Waals surface area contributed by atoms with E-state index in [1.807, 2.05) is 0 Å². The van der Waals surface area contributed by atoms with Gasteiger partial charge in [-0.1, -0.05) is 57.0 Å². The Kier molecular flexibility index (Phi) is 7.25. The van der Waals surface area contributed by atoms with Crippen LogP contribution in [0.3, 0.4) is 0 Å². The van der Waals surface area contributed by atoms with Crippen molar-refractivity contribution in [3.05, 3.63) is 35.9 Å². The van der Waals surface area contributed by atoms with Crippen LogP contribution in [0.4, 0.5) is 0 Å². The lowest BCUT2D eigenvalue weighted by Gasteiger charge is -2.30. The molecule has 1 fully saturated rings. The van der Waals surface area contributed by atoms with Crippen molar-refractivity contribution in [3.63, 3.8) is 0 Å². The molecule has 1 N–H and O–H groups in total. The van der Waals surface area contributed by atoms with E-state index in [-0.39, 0.29) is 0 Å². The number of hydrogen-bond donors (Lipinski definition) is 1. The zero-order chi connectivity index (χ0) is 14.9. The number of nitrogens with one attached hydrogen (secondary N) is 1. The van der Waals surface area contributed by atoms with Gasteiger partial charge in [0.1, 0.15) is 0 Å². The smallest absolute Gasteiger partial charge is 0.0472 e. The molecule has 118 valence electrons. The highest BCUT2D eigenvalue weighted by atomic mass is 15.2. The molecule has 2 nitrogen and oxygen atoms in total. The summed E-state index contributed by atoms with van der Waals surface area (Å²) >= 11 is 0. The van der Waals surface area contributed by atoms with Gasteiger partial charge in [-0.15, -0.1) is 0 Å². The molecule has 1 aliphatic rings. The maximum Gasteiger partial charge on any atom is 0.0472 e. The predicted octanol–water partition coefficient (Wildman–Crippen LogP) is 4.38. The van der Waals surface area contributed by atoms with Gasteiger partial charge in [-0.2, -0.15) is 0 Å². The summed E-state index contributed by atoms with van der Waals surface area (Å²) in [5.74, 6) is 0. The van der Waals surface area contributed by atoms with Crippen LogP contribution < -0.4 is 5.32 Å². The Morgan fingerprint density at radius 2 is 1.62 bits per heavy atom. The lowest BCUT2D eigenvalue weighted by molar-refractivity contribution is 0.229. The fraction of sp³-hybridized carbons (Fsp3) is 0.684. The monoisotopic (exact) mass is 288 g/mol. The first-order valence-electron chi connectivity index (χ1n) is 8.87. The van der Waals surface area contributed by atoms with Gasteiger partial charge in [0.2, 0.25) is 0 Å². The molecule has 1 aromatic carbocycles. The summed E-state index contributed by atoms with van der Waals surface area (Å²) in [4.78, 5) is 2.66. The van der Waals surface area contributed by atoms with E-state index in [1.165, 1.54) is 57.2 Å². The SMILES string of the molecule is CCCC(CCC)NCC(c1ccccc1)N1CCCC1. The third-order valence-corrected chi connectivity index (χ3v) is 4.64. The standard InChI is InChI=1S/C19H32N2/c1-3-10-18(11-4-2)20-16-19(21-14-8-9-15-21)17-12-6-5-7-13-17/h5-7,12-13,18-20H,3-4,8-11,14-16H2,1-2H3. The second kappa shape index (κ2) is 9.22. The van der Waals surface area contributed by atoms with E-state index in [0.29, 0.717) is 12.1 Å². The molecule has 2 heteroatoms. The van der Waals surface area contributed by atoms with Crippen LogP contribution in [-0.2, 0) is 0 Å². The molecule has 1 unspecified atom stereocenters. The number of rotatable bonds is 9. The minimum absolute atomic E-state index is 0.546. The molecule has 1 saturated heterocycles. The molecule has 1 atom stereocenters. The maximum atomic E-state index is 3.86. The Morgan fingerprint density at radius 1 is 1.00 bits per heavy atom. The molecule has 1 heterocycles. The van der Waals surface area contributed by atoms with E-state index in [9.17, 15) is 0 Å².